The average molecular weight is 885 g/mol. The van der Waals surface area contributed by atoms with Crippen molar-refractivity contribution in [3.8, 4) is 22.3 Å². The first-order chi connectivity index (χ1) is 34.0. The van der Waals surface area contributed by atoms with Gasteiger partial charge in [-0.05, 0) is 150 Å². The number of benzene rings is 9. The lowest BCUT2D eigenvalue weighted by Crippen LogP contribution is -2.27. The molecule has 2 heteroatoms. The van der Waals surface area contributed by atoms with Crippen molar-refractivity contribution in [2.75, 3.05) is 0 Å². The van der Waals surface area contributed by atoms with Crippen LogP contribution in [0.25, 0.3) is 71.4 Å². The average Bonchev–Trinajstić information content (AvgIpc) is 3.41. The van der Waals surface area contributed by atoms with E-state index in [1.165, 1.54) is 99.1 Å². The summed E-state index contributed by atoms with van der Waals surface area (Å²) in [6, 6.07) is 71.3. The maximum atomic E-state index is 5.49. The SMILES string of the molecule is CC1=CC2CCC(/C=C3/Cc4ccccc4-c4ccccc43)C=C2C=C1c1ccccc1-c1ccc(C2=C(C)C(c3ccccc3)=NC(c3ccc4ccc5ccccc5c4c3)N2)c2ccccc12. The Morgan fingerprint density at radius 3 is 1.94 bits per heavy atom. The molecule has 0 fully saturated rings. The number of aliphatic imine (C=N–C) groups is 1. The summed E-state index contributed by atoms with van der Waals surface area (Å²) in [6.07, 6.45) is 13.2. The van der Waals surface area contributed by atoms with Crippen LogP contribution in [0.2, 0.25) is 0 Å². The Morgan fingerprint density at radius 1 is 0.507 bits per heavy atom. The fraction of sp³-hybridized carbons (Fsp3) is 0.119. The van der Waals surface area contributed by atoms with E-state index in [1.807, 2.05) is 0 Å². The molecule has 0 radical (unpaired) electrons. The molecule has 0 aromatic heterocycles. The van der Waals surface area contributed by atoms with Gasteiger partial charge in [0.15, 0.2) is 0 Å². The number of nitrogens with one attached hydrogen (secondary N) is 1. The predicted molar refractivity (Wildman–Crippen MR) is 292 cm³/mol. The number of fused-ring (bicyclic) bond motifs is 8. The molecule has 9 aromatic rings. The van der Waals surface area contributed by atoms with E-state index >= 15 is 0 Å². The maximum Gasteiger partial charge on any atom is 0.145 e. The second-order valence-corrected chi connectivity index (χ2v) is 19.4. The fourth-order valence-electron chi connectivity index (χ4n) is 11.9. The summed E-state index contributed by atoms with van der Waals surface area (Å²) in [7, 11) is 0. The molecule has 3 unspecified atom stereocenters. The smallest absolute Gasteiger partial charge is 0.145 e. The van der Waals surface area contributed by atoms with Gasteiger partial charge in [-0.3, -0.25) is 4.99 Å². The van der Waals surface area contributed by atoms with E-state index in [9.17, 15) is 0 Å². The molecule has 1 aliphatic heterocycles. The van der Waals surface area contributed by atoms with Crippen molar-refractivity contribution >= 4 is 54.9 Å². The Labute approximate surface area is 405 Å². The van der Waals surface area contributed by atoms with Gasteiger partial charge in [0, 0.05) is 22.7 Å². The van der Waals surface area contributed by atoms with Gasteiger partial charge in [0.05, 0.1) is 5.71 Å². The number of hydrogen-bond donors (Lipinski definition) is 1. The molecule has 0 spiro atoms. The number of nitrogens with zero attached hydrogens (tertiary/aromatic N) is 1. The predicted octanol–water partition coefficient (Wildman–Crippen LogP) is 16.9. The van der Waals surface area contributed by atoms with Gasteiger partial charge in [-0.2, -0.15) is 0 Å². The molecular formula is C67H52N2. The summed E-state index contributed by atoms with van der Waals surface area (Å²) in [6.45, 7) is 4.54. The van der Waals surface area contributed by atoms with Crippen LogP contribution in [0.3, 0.4) is 0 Å². The van der Waals surface area contributed by atoms with Crippen molar-refractivity contribution in [3.63, 3.8) is 0 Å². The third-order valence-corrected chi connectivity index (χ3v) is 15.3. The van der Waals surface area contributed by atoms with E-state index in [0.29, 0.717) is 11.8 Å². The quantitative estimate of drug-likeness (QED) is 0.165. The molecule has 1 N–H and O–H groups in total. The molecule has 13 rings (SSSR count). The molecule has 2 nitrogen and oxygen atoms in total. The van der Waals surface area contributed by atoms with E-state index in [1.54, 1.807) is 0 Å². The minimum absolute atomic E-state index is 0.279. The highest BCUT2D eigenvalue weighted by Crippen LogP contribution is 2.46. The first-order valence-electron chi connectivity index (χ1n) is 24.7. The largest absolute Gasteiger partial charge is 0.359 e. The molecular weight excluding hydrogens is 833 g/mol. The van der Waals surface area contributed by atoms with E-state index in [4.69, 9.17) is 4.99 Å². The zero-order chi connectivity index (χ0) is 46.0. The number of rotatable bonds is 6. The molecule has 69 heavy (non-hydrogen) atoms. The van der Waals surface area contributed by atoms with Crippen LogP contribution < -0.4 is 5.32 Å². The standard InChI is InChI=1S/C67H52N2/c1-42-36-48-29-28-44(38-52-39-49-19-7-9-21-54(49)56-23-11-10-22-55(52)56)37-51(48)41-63(42)60-27-15-13-25-58(60)61-34-35-62(59-26-14-12-24-57(59)61)66-43(2)65(47-17-4-3-5-18-47)68-67(69-66)50-33-32-46-31-30-45-16-6-8-20-53(45)64(46)40-50/h3-27,30-38,40-41,44,48,67,69H,28-29,39H2,1-2H3/b52-38-. The van der Waals surface area contributed by atoms with E-state index in [2.05, 4.69) is 238 Å². The Kier molecular flexibility index (Phi) is 10.1. The minimum atomic E-state index is -0.279. The number of hydrogen-bond acceptors (Lipinski definition) is 2. The highest BCUT2D eigenvalue weighted by atomic mass is 15.1. The summed E-state index contributed by atoms with van der Waals surface area (Å²) in [4.78, 5) is 5.49. The van der Waals surface area contributed by atoms with E-state index in [-0.39, 0.29) is 6.17 Å². The van der Waals surface area contributed by atoms with E-state index < -0.39 is 0 Å². The third kappa shape index (κ3) is 7.22. The van der Waals surface area contributed by atoms with Crippen LogP contribution in [-0.2, 0) is 6.42 Å². The second kappa shape index (κ2) is 16.9. The van der Waals surface area contributed by atoms with Crippen LogP contribution in [0.1, 0.15) is 66.2 Å². The van der Waals surface area contributed by atoms with Gasteiger partial charge in [-0.25, -0.2) is 0 Å². The van der Waals surface area contributed by atoms with Gasteiger partial charge >= 0.3 is 0 Å². The van der Waals surface area contributed by atoms with Crippen LogP contribution in [0, 0.1) is 11.8 Å². The van der Waals surface area contributed by atoms with Crippen molar-refractivity contribution < 1.29 is 0 Å². The van der Waals surface area contributed by atoms with Gasteiger partial charge in [-0.1, -0.05) is 212 Å². The Bertz CT molecular complexity index is 3760. The van der Waals surface area contributed by atoms with E-state index in [0.717, 1.165) is 47.4 Å². The first kappa shape index (κ1) is 41.1. The molecule has 4 aliphatic rings. The fourth-order valence-corrected chi connectivity index (χ4v) is 11.9. The van der Waals surface area contributed by atoms with Gasteiger partial charge in [0.2, 0.25) is 0 Å². The number of allylic oxidation sites excluding steroid dienone is 9. The summed E-state index contributed by atoms with van der Waals surface area (Å²) >= 11 is 0. The molecule has 0 amide bonds. The lowest BCUT2D eigenvalue weighted by atomic mass is 9.74. The molecule has 0 saturated carbocycles. The van der Waals surface area contributed by atoms with Gasteiger partial charge in [-0.15, -0.1) is 0 Å². The maximum absolute atomic E-state index is 5.49. The lowest BCUT2D eigenvalue weighted by Gasteiger charge is -2.31. The zero-order valence-corrected chi connectivity index (χ0v) is 39.1. The van der Waals surface area contributed by atoms with Crippen LogP contribution in [0.4, 0.5) is 0 Å². The topological polar surface area (TPSA) is 24.4 Å². The lowest BCUT2D eigenvalue weighted by molar-refractivity contribution is 0.544. The summed E-state index contributed by atoms with van der Waals surface area (Å²) in [5.74, 6) is 0.830. The van der Waals surface area contributed by atoms with Crippen molar-refractivity contribution in [3.05, 3.63) is 269 Å². The van der Waals surface area contributed by atoms with Gasteiger partial charge in [0.1, 0.15) is 6.17 Å². The van der Waals surface area contributed by atoms with Crippen molar-refractivity contribution in [2.45, 2.75) is 39.3 Å². The van der Waals surface area contributed by atoms with Crippen molar-refractivity contribution in [1.82, 2.24) is 5.32 Å². The summed E-state index contributed by atoms with van der Waals surface area (Å²) in [5, 5.41) is 11.4. The molecule has 0 saturated heterocycles. The molecule has 330 valence electrons. The molecule has 0 bridgehead atoms. The zero-order valence-electron chi connectivity index (χ0n) is 39.1. The Morgan fingerprint density at radius 2 is 1.13 bits per heavy atom. The summed E-state index contributed by atoms with van der Waals surface area (Å²) in [5.41, 5.74) is 21.6. The molecule has 9 aromatic carbocycles. The van der Waals surface area contributed by atoms with Crippen molar-refractivity contribution in [2.24, 2.45) is 16.8 Å². The van der Waals surface area contributed by atoms with Crippen LogP contribution in [0.5, 0.6) is 0 Å². The van der Waals surface area contributed by atoms with Gasteiger partial charge < -0.3 is 5.32 Å². The highest BCUT2D eigenvalue weighted by molar-refractivity contribution is 6.18. The molecule has 3 atom stereocenters. The Balaban J connectivity index is 0.884. The Hall–Kier alpha value is -8.07. The van der Waals surface area contributed by atoms with Gasteiger partial charge in [0.25, 0.3) is 0 Å². The second-order valence-electron chi connectivity index (χ2n) is 19.4. The first-order valence-corrected chi connectivity index (χ1v) is 24.7. The van der Waals surface area contributed by atoms with Crippen molar-refractivity contribution in [1.29, 1.82) is 0 Å². The third-order valence-electron chi connectivity index (χ3n) is 15.3. The van der Waals surface area contributed by atoms with Crippen LogP contribution in [0.15, 0.2) is 240 Å². The normalized spacial score (nSPS) is 19.3. The summed E-state index contributed by atoms with van der Waals surface area (Å²) < 4.78 is 0. The minimum Gasteiger partial charge on any atom is -0.359 e. The highest BCUT2D eigenvalue weighted by Gasteiger charge is 2.29. The monoisotopic (exact) mass is 884 g/mol. The molecule has 3 aliphatic carbocycles. The molecule has 1 heterocycles. The van der Waals surface area contributed by atoms with Crippen LogP contribution in [-0.4, -0.2) is 5.71 Å². The van der Waals surface area contributed by atoms with Crippen LogP contribution >= 0.6 is 0 Å².